The van der Waals surface area contributed by atoms with Crippen molar-refractivity contribution in [3.63, 3.8) is 0 Å². The zero-order valence-corrected chi connectivity index (χ0v) is 15.0. The first kappa shape index (κ1) is 17.1. The maximum absolute atomic E-state index is 12.5. The highest BCUT2D eigenvalue weighted by Gasteiger charge is 2.19. The molecule has 0 radical (unpaired) electrons. The summed E-state index contributed by atoms with van der Waals surface area (Å²) in [5, 5.41) is 2.94. The van der Waals surface area contributed by atoms with Crippen molar-refractivity contribution in [3.8, 4) is 11.5 Å². The number of carbonyl (C=O) groups excluding carboxylic acids is 1. The summed E-state index contributed by atoms with van der Waals surface area (Å²) in [5.74, 6) is 1.19. The van der Waals surface area contributed by atoms with Gasteiger partial charge in [0.05, 0.1) is 20.8 Å². The van der Waals surface area contributed by atoms with Gasteiger partial charge < -0.3 is 19.7 Å². The number of aryl methyl sites for hydroxylation is 2. The zero-order valence-electron chi connectivity index (χ0n) is 15.0. The maximum Gasteiger partial charge on any atom is 0.243 e. The lowest BCUT2D eigenvalue weighted by molar-refractivity contribution is -0.115. The van der Waals surface area contributed by atoms with Gasteiger partial charge in [-0.05, 0) is 43.5 Å². The summed E-state index contributed by atoms with van der Waals surface area (Å²) in [4.78, 5) is 14.6. The summed E-state index contributed by atoms with van der Waals surface area (Å²) in [5.41, 5.74) is 4.45. The summed E-state index contributed by atoms with van der Waals surface area (Å²) in [6.45, 7) is 3.34. The Morgan fingerprint density at radius 1 is 1.12 bits per heavy atom. The van der Waals surface area contributed by atoms with Gasteiger partial charge in [0.2, 0.25) is 5.91 Å². The molecule has 2 aromatic carbocycles. The monoisotopic (exact) mass is 340 g/mol. The van der Waals surface area contributed by atoms with E-state index >= 15 is 0 Å². The Morgan fingerprint density at radius 3 is 2.68 bits per heavy atom. The molecule has 0 bridgehead atoms. The largest absolute Gasteiger partial charge is 0.493 e. The van der Waals surface area contributed by atoms with Gasteiger partial charge in [-0.15, -0.1) is 0 Å². The fourth-order valence-electron chi connectivity index (χ4n) is 3.26. The van der Waals surface area contributed by atoms with Crippen LogP contribution in [0.5, 0.6) is 11.5 Å². The molecular formula is C20H24N2O3. The van der Waals surface area contributed by atoms with Crippen molar-refractivity contribution in [2.75, 3.05) is 37.5 Å². The normalized spacial score (nSPS) is 13.2. The molecule has 3 rings (SSSR count). The Bertz CT molecular complexity index is 774. The molecule has 1 amide bonds. The van der Waals surface area contributed by atoms with Crippen LogP contribution in [0, 0.1) is 6.92 Å². The second-order valence-corrected chi connectivity index (χ2v) is 6.28. The van der Waals surface area contributed by atoms with Crippen molar-refractivity contribution in [1.29, 1.82) is 0 Å². The van der Waals surface area contributed by atoms with Crippen LogP contribution < -0.4 is 19.7 Å². The third-order valence-electron chi connectivity index (χ3n) is 4.45. The molecule has 0 aliphatic carbocycles. The first-order chi connectivity index (χ1) is 12.1. The van der Waals surface area contributed by atoms with Gasteiger partial charge in [-0.25, -0.2) is 0 Å². The Labute approximate surface area is 148 Å². The number of rotatable bonds is 5. The number of hydrogen-bond donors (Lipinski definition) is 1. The van der Waals surface area contributed by atoms with Crippen LogP contribution in [0.25, 0.3) is 0 Å². The minimum Gasteiger partial charge on any atom is -0.493 e. The second-order valence-electron chi connectivity index (χ2n) is 6.28. The molecule has 0 fully saturated rings. The average Bonchev–Trinajstić information content (AvgIpc) is 2.61. The van der Waals surface area contributed by atoms with Gasteiger partial charge in [-0.3, -0.25) is 4.79 Å². The first-order valence-electron chi connectivity index (χ1n) is 8.47. The van der Waals surface area contributed by atoms with Crippen LogP contribution in [0.15, 0.2) is 36.4 Å². The molecule has 0 saturated heterocycles. The Morgan fingerprint density at radius 2 is 1.92 bits per heavy atom. The van der Waals surface area contributed by atoms with Crippen LogP contribution in [0.3, 0.4) is 0 Å². The smallest absolute Gasteiger partial charge is 0.243 e. The average molecular weight is 340 g/mol. The van der Waals surface area contributed by atoms with E-state index in [-0.39, 0.29) is 5.91 Å². The Hall–Kier alpha value is -2.69. The van der Waals surface area contributed by atoms with Gasteiger partial charge in [0.15, 0.2) is 11.5 Å². The molecule has 0 aromatic heterocycles. The minimum absolute atomic E-state index is 0.0411. The van der Waals surface area contributed by atoms with Crippen LogP contribution in [-0.2, 0) is 11.2 Å². The molecule has 5 heteroatoms. The third kappa shape index (κ3) is 3.87. The van der Waals surface area contributed by atoms with Crippen LogP contribution in [0.1, 0.15) is 17.5 Å². The highest BCUT2D eigenvalue weighted by molar-refractivity contribution is 5.94. The van der Waals surface area contributed by atoms with Crippen molar-refractivity contribution in [1.82, 2.24) is 0 Å². The van der Waals surface area contributed by atoms with Crippen LogP contribution >= 0.6 is 0 Å². The number of carbonyl (C=O) groups is 1. The first-order valence-corrected chi connectivity index (χ1v) is 8.47. The number of amides is 1. The highest BCUT2D eigenvalue weighted by Crippen LogP contribution is 2.30. The molecule has 2 aromatic rings. The standard InChI is InChI=1S/C20H24N2O3/c1-14-6-8-17-15(11-14)5-4-10-22(17)13-20(23)21-16-7-9-18(24-2)19(12-16)25-3/h6-9,11-12H,4-5,10,13H2,1-3H3,(H,21,23). The number of hydrogen-bond acceptors (Lipinski definition) is 4. The molecule has 1 heterocycles. The van der Waals surface area contributed by atoms with Crippen molar-refractivity contribution in [2.45, 2.75) is 19.8 Å². The lowest BCUT2D eigenvalue weighted by Crippen LogP contribution is -2.36. The summed E-state index contributed by atoms with van der Waals surface area (Å²) < 4.78 is 10.5. The van der Waals surface area contributed by atoms with Crippen molar-refractivity contribution < 1.29 is 14.3 Å². The molecule has 5 nitrogen and oxygen atoms in total. The van der Waals surface area contributed by atoms with Crippen LogP contribution in [0.4, 0.5) is 11.4 Å². The number of ether oxygens (including phenoxy) is 2. The van der Waals surface area contributed by atoms with Crippen LogP contribution in [0.2, 0.25) is 0 Å². The van der Waals surface area contributed by atoms with Crippen molar-refractivity contribution >= 4 is 17.3 Å². The van der Waals surface area contributed by atoms with E-state index in [1.54, 1.807) is 26.4 Å². The number of methoxy groups -OCH3 is 2. The van der Waals surface area contributed by atoms with Crippen molar-refractivity contribution in [2.24, 2.45) is 0 Å². The van der Waals surface area contributed by atoms with Gasteiger partial charge in [0.25, 0.3) is 0 Å². The summed E-state index contributed by atoms with van der Waals surface area (Å²) in [6, 6.07) is 11.8. The third-order valence-corrected chi connectivity index (χ3v) is 4.45. The molecular weight excluding hydrogens is 316 g/mol. The SMILES string of the molecule is COc1ccc(NC(=O)CN2CCCc3cc(C)ccc32)cc1OC. The Balaban J connectivity index is 1.70. The molecule has 1 aliphatic rings. The molecule has 132 valence electrons. The predicted octanol–water partition coefficient (Wildman–Crippen LogP) is 3.40. The highest BCUT2D eigenvalue weighted by atomic mass is 16.5. The summed E-state index contributed by atoms with van der Waals surface area (Å²) in [6.07, 6.45) is 2.14. The fraction of sp³-hybridized carbons (Fsp3) is 0.350. The quantitative estimate of drug-likeness (QED) is 0.906. The summed E-state index contributed by atoms with van der Waals surface area (Å²) in [7, 11) is 3.17. The number of fused-ring (bicyclic) bond motifs is 1. The van der Waals surface area contributed by atoms with E-state index < -0.39 is 0 Å². The van der Waals surface area contributed by atoms with E-state index in [1.807, 2.05) is 6.07 Å². The van der Waals surface area contributed by atoms with E-state index in [4.69, 9.17) is 9.47 Å². The van der Waals surface area contributed by atoms with Gasteiger partial charge in [-0.1, -0.05) is 17.7 Å². The number of anilines is 2. The van der Waals surface area contributed by atoms with E-state index in [9.17, 15) is 4.79 Å². The van der Waals surface area contributed by atoms with E-state index in [1.165, 1.54) is 16.8 Å². The molecule has 0 unspecified atom stereocenters. The second kappa shape index (κ2) is 7.47. The predicted molar refractivity (Wildman–Crippen MR) is 99.9 cm³/mol. The molecule has 1 aliphatic heterocycles. The lowest BCUT2D eigenvalue weighted by Gasteiger charge is -2.31. The molecule has 0 atom stereocenters. The van der Waals surface area contributed by atoms with Gasteiger partial charge >= 0.3 is 0 Å². The maximum atomic E-state index is 12.5. The lowest BCUT2D eigenvalue weighted by atomic mass is 9.99. The Kier molecular flexibility index (Phi) is 5.12. The molecule has 0 saturated carbocycles. The number of nitrogens with zero attached hydrogens (tertiary/aromatic N) is 1. The fourth-order valence-corrected chi connectivity index (χ4v) is 3.26. The van der Waals surface area contributed by atoms with E-state index in [0.717, 1.165) is 19.4 Å². The number of nitrogens with one attached hydrogen (secondary N) is 1. The van der Waals surface area contributed by atoms with E-state index in [0.29, 0.717) is 23.7 Å². The van der Waals surface area contributed by atoms with Gasteiger partial charge in [0.1, 0.15) is 0 Å². The topological polar surface area (TPSA) is 50.8 Å². The summed E-state index contributed by atoms with van der Waals surface area (Å²) >= 11 is 0. The number of benzene rings is 2. The van der Waals surface area contributed by atoms with Crippen LogP contribution in [-0.4, -0.2) is 33.2 Å². The van der Waals surface area contributed by atoms with Gasteiger partial charge in [-0.2, -0.15) is 0 Å². The zero-order chi connectivity index (χ0) is 17.8. The van der Waals surface area contributed by atoms with E-state index in [2.05, 4.69) is 35.3 Å². The molecule has 1 N–H and O–H groups in total. The minimum atomic E-state index is -0.0411. The van der Waals surface area contributed by atoms with Crippen molar-refractivity contribution in [3.05, 3.63) is 47.5 Å². The van der Waals surface area contributed by atoms with Gasteiger partial charge in [0, 0.05) is 24.0 Å². The molecule has 25 heavy (non-hydrogen) atoms. The molecule has 0 spiro atoms.